The Morgan fingerprint density at radius 3 is 2.24 bits per heavy atom. The van der Waals surface area contributed by atoms with E-state index < -0.39 is 0 Å². The fourth-order valence-corrected chi connectivity index (χ4v) is 3.61. The van der Waals surface area contributed by atoms with Gasteiger partial charge in [0, 0.05) is 11.1 Å². The highest BCUT2D eigenvalue weighted by Crippen LogP contribution is 2.40. The molecule has 0 saturated carbocycles. The molecule has 0 radical (unpaired) electrons. The highest BCUT2D eigenvalue weighted by Gasteiger charge is 2.15. The lowest BCUT2D eigenvalue weighted by molar-refractivity contribution is 0.875. The smallest absolute Gasteiger partial charge is 0.0394 e. The standard InChI is InChI=1S/C20H19N/c1-11(2)17-10-12(3)14-6-4-13-5-9-18(21)16-8-7-15(17)20(14)19(13)16/h4-11H,21H2,1-3H3. The summed E-state index contributed by atoms with van der Waals surface area (Å²) in [4.78, 5) is 0. The first kappa shape index (κ1) is 12.5. The molecule has 0 fully saturated rings. The number of hydrogen-bond acceptors (Lipinski definition) is 1. The number of benzene rings is 4. The van der Waals surface area contributed by atoms with E-state index in [-0.39, 0.29) is 0 Å². The topological polar surface area (TPSA) is 26.0 Å². The van der Waals surface area contributed by atoms with Crippen molar-refractivity contribution in [2.45, 2.75) is 26.7 Å². The van der Waals surface area contributed by atoms with Crippen LogP contribution < -0.4 is 5.73 Å². The maximum atomic E-state index is 6.20. The number of anilines is 1. The maximum Gasteiger partial charge on any atom is 0.0394 e. The summed E-state index contributed by atoms with van der Waals surface area (Å²) < 4.78 is 0. The Bertz CT molecular complexity index is 980. The van der Waals surface area contributed by atoms with Gasteiger partial charge in [-0.25, -0.2) is 0 Å². The predicted molar refractivity (Wildman–Crippen MR) is 93.4 cm³/mol. The van der Waals surface area contributed by atoms with Gasteiger partial charge in [0.25, 0.3) is 0 Å². The zero-order valence-corrected chi connectivity index (χ0v) is 12.7. The van der Waals surface area contributed by atoms with Crippen LogP contribution in [-0.2, 0) is 0 Å². The van der Waals surface area contributed by atoms with Gasteiger partial charge in [-0.15, -0.1) is 0 Å². The van der Waals surface area contributed by atoms with Gasteiger partial charge >= 0.3 is 0 Å². The molecule has 0 spiro atoms. The highest BCUT2D eigenvalue weighted by molar-refractivity contribution is 6.26. The van der Waals surface area contributed by atoms with Gasteiger partial charge in [-0.2, -0.15) is 0 Å². The van der Waals surface area contributed by atoms with Crippen molar-refractivity contribution in [1.29, 1.82) is 0 Å². The Kier molecular flexibility index (Phi) is 2.44. The molecule has 1 heteroatoms. The summed E-state index contributed by atoms with van der Waals surface area (Å²) in [6.45, 7) is 6.74. The van der Waals surface area contributed by atoms with Crippen molar-refractivity contribution >= 4 is 38.0 Å². The largest absolute Gasteiger partial charge is 0.398 e. The van der Waals surface area contributed by atoms with Crippen LogP contribution in [-0.4, -0.2) is 0 Å². The Morgan fingerprint density at radius 1 is 0.810 bits per heavy atom. The molecule has 4 rings (SSSR count). The van der Waals surface area contributed by atoms with Crippen molar-refractivity contribution in [2.75, 3.05) is 5.73 Å². The summed E-state index contributed by atoms with van der Waals surface area (Å²) in [6.07, 6.45) is 0. The lowest BCUT2D eigenvalue weighted by Crippen LogP contribution is -1.96. The van der Waals surface area contributed by atoms with E-state index in [1.165, 1.54) is 43.4 Å². The Labute approximate surface area is 124 Å². The molecular weight excluding hydrogens is 254 g/mol. The summed E-state index contributed by atoms with van der Waals surface area (Å²) in [6, 6.07) is 15.4. The molecule has 0 aromatic heterocycles. The second-order valence-corrected chi connectivity index (χ2v) is 6.34. The van der Waals surface area contributed by atoms with Crippen LogP contribution in [0.1, 0.15) is 30.9 Å². The third-order valence-corrected chi connectivity index (χ3v) is 4.68. The van der Waals surface area contributed by atoms with Gasteiger partial charge in [0.15, 0.2) is 0 Å². The van der Waals surface area contributed by atoms with Crippen molar-refractivity contribution in [2.24, 2.45) is 0 Å². The maximum absolute atomic E-state index is 6.20. The molecule has 0 aliphatic rings. The van der Waals surface area contributed by atoms with E-state index in [1.807, 2.05) is 6.07 Å². The highest BCUT2D eigenvalue weighted by atomic mass is 14.5. The average Bonchev–Trinajstić information content (AvgIpc) is 2.48. The third-order valence-electron chi connectivity index (χ3n) is 4.68. The zero-order valence-electron chi connectivity index (χ0n) is 12.7. The summed E-state index contributed by atoms with van der Waals surface area (Å²) in [5.74, 6) is 0.519. The molecule has 0 atom stereocenters. The van der Waals surface area contributed by atoms with E-state index in [9.17, 15) is 0 Å². The molecule has 0 unspecified atom stereocenters. The SMILES string of the molecule is Cc1cc(C(C)C)c2ccc3c(N)ccc4ccc1c2c43. The second-order valence-electron chi connectivity index (χ2n) is 6.34. The molecule has 0 amide bonds. The first-order valence-electron chi connectivity index (χ1n) is 7.54. The molecule has 0 bridgehead atoms. The van der Waals surface area contributed by atoms with Crippen LogP contribution in [0.4, 0.5) is 5.69 Å². The molecular formula is C20H19N. The van der Waals surface area contributed by atoms with Gasteiger partial charge in [0.05, 0.1) is 0 Å². The quantitative estimate of drug-likeness (QED) is 0.354. The van der Waals surface area contributed by atoms with E-state index in [1.54, 1.807) is 0 Å². The fraction of sp³-hybridized carbons (Fsp3) is 0.200. The number of hydrogen-bond donors (Lipinski definition) is 1. The number of nitrogen functional groups attached to an aromatic ring is 1. The van der Waals surface area contributed by atoms with Crippen LogP contribution in [0.3, 0.4) is 0 Å². The van der Waals surface area contributed by atoms with Crippen molar-refractivity contribution < 1.29 is 0 Å². The van der Waals surface area contributed by atoms with Crippen LogP contribution in [0.15, 0.2) is 42.5 Å². The Morgan fingerprint density at radius 2 is 1.48 bits per heavy atom. The molecule has 1 nitrogen and oxygen atoms in total. The first-order chi connectivity index (χ1) is 10.1. The lowest BCUT2D eigenvalue weighted by Gasteiger charge is -2.18. The Balaban J connectivity index is 2.38. The lowest BCUT2D eigenvalue weighted by atomic mass is 9.86. The van der Waals surface area contributed by atoms with Crippen molar-refractivity contribution in [3.8, 4) is 0 Å². The van der Waals surface area contributed by atoms with Gasteiger partial charge in [0.1, 0.15) is 0 Å². The summed E-state index contributed by atoms with van der Waals surface area (Å²) in [7, 11) is 0. The van der Waals surface area contributed by atoms with Crippen molar-refractivity contribution in [3.63, 3.8) is 0 Å². The van der Waals surface area contributed by atoms with Gasteiger partial charge < -0.3 is 5.73 Å². The number of rotatable bonds is 1. The summed E-state index contributed by atoms with van der Waals surface area (Å²) in [5, 5.41) is 7.85. The van der Waals surface area contributed by atoms with Crippen LogP contribution in [0.25, 0.3) is 32.3 Å². The minimum absolute atomic E-state index is 0.519. The van der Waals surface area contributed by atoms with Crippen LogP contribution in [0, 0.1) is 6.92 Å². The number of nitrogens with two attached hydrogens (primary N) is 1. The molecule has 104 valence electrons. The Hall–Kier alpha value is -2.28. The van der Waals surface area contributed by atoms with E-state index >= 15 is 0 Å². The molecule has 0 aliphatic heterocycles. The first-order valence-corrected chi connectivity index (χ1v) is 7.54. The van der Waals surface area contributed by atoms with Crippen LogP contribution >= 0.6 is 0 Å². The molecule has 21 heavy (non-hydrogen) atoms. The third kappa shape index (κ3) is 1.58. The normalized spacial score (nSPS) is 12.2. The van der Waals surface area contributed by atoms with Gasteiger partial charge in [0.2, 0.25) is 0 Å². The molecule has 0 heterocycles. The summed E-state index contributed by atoms with van der Waals surface area (Å²) in [5.41, 5.74) is 9.85. The minimum atomic E-state index is 0.519. The molecule has 4 aromatic rings. The van der Waals surface area contributed by atoms with Crippen LogP contribution in [0.5, 0.6) is 0 Å². The number of aryl methyl sites for hydroxylation is 1. The van der Waals surface area contributed by atoms with Crippen molar-refractivity contribution in [1.82, 2.24) is 0 Å². The van der Waals surface area contributed by atoms with Crippen molar-refractivity contribution in [3.05, 3.63) is 53.6 Å². The molecule has 0 aliphatic carbocycles. The second kappa shape index (κ2) is 4.11. The van der Waals surface area contributed by atoms with E-state index in [0.717, 1.165) is 5.69 Å². The minimum Gasteiger partial charge on any atom is -0.398 e. The fourth-order valence-electron chi connectivity index (χ4n) is 3.61. The summed E-state index contributed by atoms with van der Waals surface area (Å²) >= 11 is 0. The van der Waals surface area contributed by atoms with Gasteiger partial charge in [-0.3, -0.25) is 0 Å². The zero-order chi connectivity index (χ0) is 14.7. The molecule has 0 saturated heterocycles. The van der Waals surface area contributed by atoms with E-state index in [0.29, 0.717) is 5.92 Å². The monoisotopic (exact) mass is 273 g/mol. The molecule has 4 aromatic carbocycles. The van der Waals surface area contributed by atoms with Gasteiger partial charge in [-0.05, 0) is 57.0 Å². The van der Waals surface area contributed by atoms with E-state index in [4.69, 9.17) is 5.73 Å². The molecule has 2 N–H and O–H groups in total. The van der Waals surface area contributed by atoms with Gasteiger partial charge in [-0.1, -0.05) is 50.2 Å². The predicted octanol–water partition coefficient (Wildman–Crippen LogP) is 5.60. The average molecular weight is 273 g/mol. The van der Waals surface area contributed by atoms with Crippen LogP contribution in [0.2, 0.25) is 0 Å². The van der Waals surface area contributed by atoms with E-state index in [2.05, 4.69) is 57.2 Å².